The van der Waals surface area contributed by atoms with Crippen LogP contribution in [0.4, 0.5) is 9.18 Å². The van der Waals surface area contributed by atoms with Crippen molar-refractivity contribution in [2.75, 3.05) is 13.2 Å². The molecule has 0 radical (unpaired) electrons. The maximum atomic E-state index is 13.1. The first-order valence-corrected chi connectivity index (χ1v) is 4.04. The molecule has 0 aromatic heterocycles. The van der Waals surface area contributed by atoms with Crippen LogP contribution in [0, 0.1) is 0 Å². The van der Waals surface area contributed by atoms with Gasteiger partial charge in [0.1, 0.15) is 18.4 Å². The highest BCUT2D eigenvalue weighted by atomic mass is 19.1. The van der Waals surface area contributed by atoms with Gasteiger partial charge < -0.3 is 14.9 Å². The van der Waals surface area contributed by atoms with Gasteiger partial charge in [0.2, 0.25) is 0 Å². The van der Waals surface area contributed by atoms with Crippen LogP contribution in [0.15, 0.2) is 0 Å². The van der Waals surface area contributed by atoms with Crippen molar-refractivity contribution in [2.45, 2.75) is 24.4 Å². The van der Waals surface area contributed by atoms with Gasteiger partial charge in [-0.15, -0.1) is 0 Å². The third-order valence-electron chi connectivity index (χ3n) is 2.52. The van der Waals surface area contributed by atoms with Crippen molar-refractivity contribution in [1.82, 2.24) is 4.90 Å². The number of alkyl halides is 1. The summed E-state index contributed by atoms with van der Waals surface area (Å²) in [5.74, 6) is 0. The molecule has 6 heteroatoms. The highest BCUT2D eigenvalue weighted by Gasteiger charge is 2.52. The van der Waals surface area contributed by atoms with Crippen LogP contribution in [0.1, 0.15) is 0 Å². The molecule has 2 N–H and O–H groups in total. The van der Waals surface area contributed by atoms with Crippen LogP contribution in [-0.4, -0.2) is 58.8 Å². The van der Waals surface area contributed by atoms with Crippen molar-refractivity contribution >= 4 is 6.09 Å². The number of hydrogen-bond donors (Lipinski definition) is 2. The molecule has 0 aromatic rings. The zero-order chi connectivity index (χ0) is 9.59. The molecule has 2 saturated heterocycles. The first-order chi connectivity index (χ1) is 6.11. The summed E-state index contributed by atoms with van der Waals surface area (Å²) in [7, 11) is 0. The van der Waals surface area contributed by atoms with Gasteiger partial charge in [0.05, 0.1) is 19.2 Å². The molecule has 5 nitrogen and oxygen atoms in total. The molecular formula is C7H10FNO4. The molecule has 1 amide bonds. The van der Waals surface area contributed by atoms with Crippen LogP contribution in [0.3, 0.4) is 0 Å². The lowest BCUT2D eigenvalue weighted by Crippen LogP contribution is -2.43. The molecule has 4 atom stereocenters. The van der Waals surface area contributed by atoms with Crippen LogP contribution in [0.2, 0.25) is 0 Å². The predicted octanol–water partition coefficient (Wildman–Crippen LogP) is -0.554. The second-order valence-electron chi connectivity index (χ2n) is 3.31. The summed E-state index contributed by atoms with van der Waals surface area (Å²) in [5, 5.41) is 18.0. The van der Waals surface area contributed by atoms with Crippen molar-refractivity contribution < 1.29 is 24.1 Å². The van der Waals surface area contributed by atoms with Gasteiger partial charge in [0, 0.05) is 0 Å². The standard InChI is InChI=1S/C7H10FNO4/c8-3-1-9(7(11)12)5-4(10)2-13-6(3)5/h3-6,10H,1-2H2,(H,11,12)/t3?,4?,5?,6-/m1/s1. The Morgan fingerprint density at radius 3 is 2.92 bits per heavy atom. The van der Waals surface area contributed by atoms with Gasteiger partial charge in [-0.3, -0.25) is 4.90 Å². The molecular weight excluding hydrogens is 181 g/mol. The molecule has 2 fully saturated rings. The summed E-state index contributed by atoms with van der Waals surface area (Å²) in [4.78, 5) is 11.5. The maximum Gasteiger partial charge on any atom is 0.407 e. The lowest BCUT2D eigenvalue weighted by atomic mass is 10.1. The fourth-order valence-electron chi connectivity index (χ4n) is 1.95. The Morgan fingerprint density at radius 2 is 2.31 bits per heavy atom. The third-order valence-corrected chi connectivity index (χ3v) is 2.52. The van der Waals surface area contributed by atoms with Gasteiger partial charge >= 0.3 is 6.09 Å². The van der Waals surface area contributed by atoms with Crippen LogP contribution in [0.5, 0.6) is 0 Å². The summed E-state index contributed by atoms with van der Waals surface area (Å²) in [6, 6.07) is -0.729. The van der Waals surface area contributed by atoms with Crippen molar-refractivity contribution in [3.63, 3.8) is 0 Å². The number of halogens is 1. The second-order valence-corrected chi connectivity index (χ2v) is 3.31. The smallest absolute Gasteiger partial charge is 0.407 e. The number of aliphatic hydroxyl groups is 1. The van der Waals surface area contributed by atoms with E-state index in [9.17, 15) is 14.3 Å². The van der Waals surface area contributed by atoms with E-state index < -0.39 is 30.5 Å². The summed E-state index contributed by atoms with van der Waals surface area (Å²) in [6.45, 7) is -0.193. The Labute approximate surface area is 73.7 Å². The zero-order valence-corrected chi connectivity index (χ0v) is 6.76. The number of likely N-dealkylation sites (tertiary alicyclic amines) is 1. The van der Waals surface area contributed by atoms with E-state index in [4.69, 9.17) is 9.84 Å². The van der Waals surface area contributed by atoms with Crippen LogP contribution < -0.4 is 0 Å². The molecule has 2 aliphatic rings. The molecule has 2 aliphatic heterocycles. The Hall–Kier alpha value is -0.880. The molecule has 2 rings (SSSR count). The second kappa shape index (κ2) is 2.81. The molecule has 13 heavy (non-hydrogen) atoms. The molecule has 0 spiro atoms. The molecule has 2 heterocycles. The van der Waals surface area contributed by atoms with Crippen molar-refractivity contribution in [1.29, 1.82) is 0 Å². The predicted molar refractivity (Wildman–Crippen MR) is 39.2 cm³/mol. The quantitative estimate of drug-likeness (QED) is 0.538. The van der Waals surface area contributed by atoms with Crippen LogP contribution >= 0.6 is 0 Å². The van der Waals surface area contributed by atoms with E-state index in [2.05, 4.69) is 0 Å². The summed E-state index contributed by atoms with van der Waals surface area (Å²) >= 11 is 0. The lowest BCUT2D eigenvalue weighted by Gasteiger charge is -2.21. The Kier molecular flexibility index (Phi) is 1.88. The van der Waals surface area contributed by atoms with E-state index in [0.29, 0.717) is 0 Å². The van der Waals surface area contributed by atoms with Gasteiger partial charge in [0.15, 0.2) is 0 Å². The number of rotatable bonds is 0. The van der Waals surface area contributed by atoms with Gasteiger partial charge in [0.25, 0.3) is 0 Å². The highest BCUT2D eigenvalue weighted by molar-refractivity contribution is 5.66. The first-order valence-electron chi connectivity index (χ1n) is 4.04. The number of fused-ring (bicyclic) bond motifs is 1. The average molecular weight is 191 g/mol. The van der Waals surface area contributed by atoms with E-state index in [0.717, 1.165) is 4.90 Å². The monoisotopic (exact) mass is 191 g/mol. The average Bonchev–Trinajstić information content (AvgIpc) is 2.55. The fourth-order valence-corrected chi connectivity index (χ4v) is 1.95. The van der Waals surface area contributed by atoms with E-state index in [1.807, 2.05) is 0 Å². The lowest BCUT2D eigenvalue weighted by molar-refractivity contribution is 0.0481. The third kappa shape index (κ3) is 1.17. The first kappa shape index (κ1) is 8.71. The number of carboxylic acid groups (broad SMARTS) is 1. The molecule has 3 unspecified atom stereocenters. The van der Waals surface area contributed by atoms with Crippen molar-refractivity contribution in [2.24, 2.45) is 0 Å². The number of hydrogen-bond acceptors (Lipinski definition) is 3. The largest absolute Gasteiger partial charge is 0.465 e. The van der Waals surface area contributed by atoms with Gasteiger partial charge in [-0.1, -0.05) is 0 Å². The van der Waals surface area contributed by atoms with Gasteiger partial charge in [-0.25, -0.2) is 9.18 Å². The fraction of sp³-hybridized carbons (Fsp3) is 0.857. The number of ether oxygens (including phenoxy) is 1. The Bertz CT molecular complexity index is 237. The summed E-state index contributed by atoms with van der Waals surface area (Å²) in [5.41, 5.74) is 0. The minimum absolute atomic E-state index is 0.0134. The minimum atomic E-state index is -1.32. The van der Waals surface area contributed by atoms with Crippen molar-refractivity contribution in [3.8, 4) is 0 Å². The number of amides is 1. The molecule has 74 valence electrons. The normalized spacial score (nSPS) is 43.7. The van der Waals surface area contributed by atoms with Gasteiger partial charge in [-0.05, 0) is 0 Å². The van der Waals surface area contributed by atoms with E-state index in [-0.39, 0.29) is 13.2 Å². The molecule has 0 bridgehead atoms. The Morgan fingerprint density at radius 1 is 1.62 bits per heavy atom. The molecule has 0 aromatic carbocycles. The van der Waals surface area contributed by atoms with Gasteiger partial charge in [-0.2, -0.15) is 0 Å². The number of nitrogens with zero attached hydrogens (tertiary/aromatic N) is 1. The zero-order valence-electron chi connectivity index (χ0n) is 6.76. The van der Waals surface area contributed by atoms with Crippen LogP contribution in [-0.2, 0) is 4.74 Å². The van der Waals surface area contributed by atoms with Crippen molar-refractivity contribution in [3.05, 3.63) is 0 Å². The SMILES string of the molecule is O=C(O)N1CC(F)[C@H]2OCC(O)C21. The van der Waals surface area contributed by atoms with E-state index in [1.165, 1.54) is 0 Å². The molecule has 0 saturated carbocycles. The highest BCUT2D eigenvalue weighted by Crippen LogP contribution is 2.31. The summed E-state index contributed by atoms with van der Waals surface area (Å²) < 4.78 is 18.1. The number of aliphatic hydroxyl groups excluding tert-OH is 1. The number of carbonyl (C=O) groups is 1. The van der Waals surface area contributed by atoms with E-state index >= 15 is 0 Å². The summed E-state index contributed by atoms with van der Waals surface area (Å²) in [6.07, 6.45) is -4.22. The minimum Gasteiger partial charge on any atom is -0.465 e. The van der Waals surface area contributed by atoms with Crippen LogP contribution in [0.25, 0.3) is 0 Å². The Balaban J connectivity index is 2.20. The van der Waals surface area contributed by atoms with E-state index in [1.54, 1.807) is 0 Å². The maximum absolute atomic E-state index is 13.1. The molecule has 0 aliphatic carbocycles. The topological polar surface area (TPSA) is 70.0 Å².